The van der Waals surface area contributed by atoms with E-state index in [1.807, 2.05) is 0 Å². The fourth-order valence-corrected chi connectivity index (χ4v) is 3.17. The molecule has 0 aromatic carbocycles. The average Bonchev–Trinajstić information content (AvgIpc) is 2.87. The molecule has 3 N–H and O–H groups in total. The molecule has 114 valence electrons. The van der Waals surface area contributed by atoms with Crippen LogP contribution in [0.2, 0.25) is 5.02 Å². The Morgan fingerprint density at radius 2 is 2.09 bits per heavy atom. The maximum Gasteiger partial charge on any atom is 0.228 e. The van der Waals surface area contributed by atoms with E-state index < -0.39 is 9.84 Å². The number of rotatable bonds is 3. The van der Waals surface area contributed by atoms with Crippen LogP contribution in [0.1, 0.15) is 0 Å². The highest BCUT2D eigenvalue weighted by Crippen LogP contribution is 2.34. The van der Waals surface area contributed by atoms with E-state index in [4.69, 9.17) is 17.3 Å². The summed E-state index contributed by atoms with van der Waals surface area (Å²) in [5.74, 6) is 0.224. The van der Waals surface area contributed by atoms with Gasteiger partial charge < -0.3 is 10.7 Å². The van der Waals surface area contributed by atoms with Gasteiger partial charge in [-0.15, -0.1) is 0 Å². The molecule has 0 atom stereocenters. The van der Waals surface area contributed by atoms with Gasteiger partial charge in [-0.2, -0.15) is 4.98 Å². The molecule has 0 aliphatic carbocycles. The number of H-pyrrole nitrogens is 1. The number of sulfone groups is 1. The first-order valence-electron chi connectivity index (χ1n) is 5.85. The van der Waals surface area contributed by atoms with Crippen molar-refractivity contribution in [2.24, 2.45) is 0 Å². The number of nitrogen functional groups attached to an aromatic ring is 1. The van der Waals surface area contributed by atoms with E-state index in [-0.39, 0.29) is 22.3 Å². The Kier molecular flexibility index (Phi) is 3.67. The van der Waals surface area contributed by atoms with Crippen LogP contribution < -0.4 is 5.73 Å². The Bertz CT molecular complexity index is 972. The molecule has 8 nitrogen and oxygen atoms in total. The van der Waals surface area contributed by atoms with Crippen LogP contribution in [0.3, 0.4) is 0 Å². The van der Waals surface area contributed by atoms with Crippen LogP contribution in [-0.4, -0.2) is 39.6 Å². The molecule has 3 heterocycles. The van der Waals surface area contributed by atoms with Gasteiger partial charge >= 0.3 is 0 Å². The second-order valence-electron chi connectivity index (χ2n) is 4.30. The number of nitrogens with zero attached hydrogens (tertiary/aromatic N) is 4. The summed E-state index contributed by atoms with van der Waals surface area (Å²) in [6, 6.07) is 1.70. The van der Waals surface area contributed by atoms with Crippen molar-refractivity contribution in [3.8, 4) is 0 Å². The van der Waals surface area contributed by atoms with Gasteiger partial charge in [0.25, 0.3) is 0 Å². The van der Waals surface area contributed by atoms with E-state index in [9.17, 15) is 8.42 Å². The summed E-state index contributed by atoms with van der Waals surface area (Å²) < 4.78 is 22.9. The highest BCUT2D eigenvalue weighted by Gasteiger charge is 2.15. The van der Waals surface area contributed by atoms with Crippen molar-refractivity contribution in [2.45, 2.75) is 15.1 Å². The highest BCUT2D eigenvalue weighted by molar-refractivity contribution is 7.99. The van der Waals surface area contributed by atoms with E-state index in [1.54, 1.807) is 6.07 Å². The Balaban J connectivity index is 2.00. The lowest BCUT2D eigenvalue weighted by Gasteiger charge is -2.04. The van der Waals surface area contributed by atoms with Crippen molar-refractivity contribution in [1.29, 1.82) is 0 Å². The van der Waals surface area contributed by atoms with Gasteiger partial charge in [0.2, 0.25) is 15.0 Å². The monoisotopic (exact) mass is 356 g/mol. The van der Waals surface area contributed by atoms with Crippen LogP contribution in [0.25, 0.3) is 11.3 Å². The number of aromatic nitrogens is 5. The molecule has 0 saturated heterocycles. The zero-order valence-electron chi connectivity index (χ0n) is 11.1. The number of nitrogens with two attached hydrogens (primary N) is 1. The van der Waals surface area contributed by atoms with E-state index in [2.05, 4.69) is 24.9 Å². The Labute approximate surface area is 134 Å². The first-order chi connectivity index (χ1) is 10.3. The zero-order chi connectivity index (χ0) is 15.9. The number of aromatic amines is 1. The van der Waals surface area contributed by atoms with Crippen molar-refractivity contribution in [3.63, 3.8) is 0 Å². The molecule has 0 aliphatic rings. The van der Waals surface area contributed by atoms with Crippen molar-refractivity contribution in [1.82, 2.24) is 24.9 Å². The van der Waals surface area contributed by atoms with Crippen molar-refractivity contribution >= 4 is 50.3 Å². The molecule has 11 heteroatoms. The third kappa shape index (κ3) is 2.85. The number of anilines is 1. The van der Waals surface area contributed by atoms with Crippen LogP contribution in [0.4, 0.5) is 5.82 Å². The standard InChI is InChI=1S/C11H9ClN6O2S2/c1-22(19,20)11-17-9-10(18-11)16-6(4-15-9)21-5-2-3-14-8(13)7(5)12/h2-4H,1H3,(H2,13,14)(H,15,16,17,18). The molecule has 22 heavy (non-hydrogen) atoms. The van der Waals surface area contributed by atoms with Crippen LogP contribution in [0.15, 0.2) is 33.5 Å². The fourth-order valence-electron chi connectivity index (χ4n) is 1.62. The SMILES string of the molecule is CS(=O)(=O)c1nc2ncc(Sc3ccnc(N)c3Cl)nc2[nH]1. The number of imidazole rings is 1. The summed E-state index contributed by atoms with van der Waals surface area (Å²) in [5, 5.41) is 0.676. The molecule has 0 saturated carbocycles. The minimum absolute atomic E-state index is 0.171. The molecule has 0 unspecified atom stereocenters. The van der Waals surface area contributed by atoms with Crippen molar-refractivity contribution in [2.75, 3.05) is 12.0 Å². The summed E-state index contributed by atoms with van der Waals surface area (Å²) in [4.78, 5) is 19.4. The van der Waals surface area contributed by atoms with E-state index >= 15 is 0 Å². The summed E-state index contributed by atoms with van der Waals surface area (Å²) >= 11 is 7.31. The summed E-state index contributed by atoms with van der Waals surface area (Å²) in [6.07, 6.45) is 4.07. The summed E-state index contributed by atoms with van der Waals surface area (Å²) in [5.41, 5.74) is 6.15. The lowest BCUT2D eigenvalue weighted by atomic mass is 10.5. The summed E-state index contributed by atoms with van der Waals surface area (Å²) in [7, 11) is -3.45. The van der Waals surface area contributed by atoms with Crippen molar-refractivity contribution in [3.05, 3.63) is 23.5 Å². The van der Waals surface area contributed by atoms with Crippen LogP contribution in [0, 0.1) is 0 Å². The molecule has 0 fully saturated rings. The Hall–Kier alpha value is -1.91. The number of hydrogen-bond donors (Lipinski definition) is 2. The second kappa shape index (κ2) is 5.38. The normalized spacial score (nSPS) is 11.9. The van der Waals surface area contributed by atoms with Gasteiger partial charge in [0, 0.05) is 17.3 Å². The molecule has 3 aromatic heterocycles. The predicted molar refractivity (Wildman–Crippen MR) is 82.6 cm³/mol. The number of fused-ring (bicyclic) bond motifs is 1. The first-order valence-corrected chi connectivity index (χ1v) is 8.94. The number of pyridine rings is 1. The van der Waals surface area contributed by atoms with Gasteiger partial charge in [-0.25, -0.2) is 23.4 Å². The van der Waals surface area contributed by atoms with Gasteiger partial charge in [-0.3, -0.25) is 0 Å². The molecule has 0 spiro atoms. The van der Waals surface area contributed by atoms with Gasteiger partial charge in [-0.1, -0.05) is 23.4 Å². The predicted octanol–water partition coefficient (Wildman–Crippen LogP) is 1.54. The molecular formula is C11H9ClN6O2S2. The molecule has 0 amide bonds. The second-order valence-corrected chi connectivity index (χ2v) is 7.68. The molecule has 3 rings (SSSR count). The molecule has 3 aromatic rings. The van der Waals surface area contributed by atoms with Gasteiger partial charge in [0.05, 0.1) is 11.2 Å². The number of nitrogens with one attached hydrogen (secondary N) is 1. The smallest absolute Gasteiger partial charge is 0.228 e. The minimum atomic E-state index is -3.45. The van der Waals surface area contributed by atoms with E-state index in [1.165, 1.54) is 24.2 Å². The van der Waals surface area contributed by atoms with E-state index in [0.29, 0.717) is 14.9 Å². The minimum Gasteiger partial charge on any atom is -0.382 e. The molecule has 0 radical (unpaired) electrons. The van der Waals surface area contributed by atoms with E-state index in [0.717, 1.165) is 6.26 Å². The molecule has 0 aliphatic heterocycles. The largest absolute Gasteiger partial charge is 0.382 e. The fraction of sp³-hybridized carbons (Fsp3) is 0.0909. The maximum absolute atomic E-state index is 11.5. The quantitative estimate of drug-likeness (QED) is 0.723. The van der Waals surface area contributed by atoms with Crippen LogP contribution in [-0.2, 0) is 9.84 Å². The lowest BCUT2D eigenvalue weighted by molar-refractivity contribution is 0.595. The maximum atomic E-state index is 11.5. The highest BCUT2D eigenvalue weighted by atomic mass is 35.5. The summed E-state index contributed by atoms with van der Waals surface area (Å²) in [6.45, 7) is 0. The molecule has 0 bridgehead atoms. The van der Waals surface area contributed by atoms with Crippen LogP contribution in [0.5, 0.6) is 0 Å². The third-order valence-corrected chi connectivity index (χ3v) is 4.98. The van der Waals surface area contributed by atoms with Gasteiger partial charge in [0.1, 0.15) is 10.8 Å². The average molecular weight is 357 g/mol. The molecular weight excluding hydrogens is 348 g/mol. The number of hydrogen-bond acceptors (Lipinski definition) is 8. The topological polar surface area (TPSA) is 128 Å². The Morgan fingerprint density at radius 1 is 1.32 bits per heavy atom. The first kappa shape index (κ1) is 15.0. The van der Waals surface area contributed by atoms with Gasteiger partial charge in [0.15, 0.2) is 11.3 Å². The number of halogens is 1. The van der Waals surface area contributed by atoms with Crippen molar-refractivity contribution < 1.29 is 8.42 Å². The van der Waals surface area contributed by atoms with Gasteiger partial charge in [-0.05, 0) is 6.07 Å². The lowest BCUT2D eigenvalue weighted by Crippen LogP contribution is -1.98. The van der Waals surface area contributed by atoms with Crippen LogP contribution >= 0.6 is 23.4 Å². The third-order valence-electron chi connectivity index (χ3n) is 2.61. The zero-order valence-corrected chi connectivity index (χ0v) is 13.5. The Morgan fingerprint density at radius 3 is 2.82 bits per heavy atom.